The lowest BCUT2D eigenvalue weighted by molar-refractivity contribution is 0.0992. The Labute approximate surface area is 232 Å². The molecule has 5 rings (SSSR count). The number of benzene rings is 2. The van der Waals surface area contributed by atoms with Crippen LogP contribution in [0.5, 0.6) is 5.75 Å². The van der Waals surface area contributed by atoms with Gasteiger partial charge in [-0.2, -0.15) is 0 Å². The van der Waals surface area contributed by atoms with Gasteiger partial charge < -0.3 is 20.2 Å². The molecule has 40 heavy (non-hydrogen) atoms. The molecule has 204 valence electrons. The summed E-state index contributed by atoms with van der Waals surface area (Å²) in [6.45, 7) is 4.31. The molecule has 10 heteroatoms. The molecule has 3 N–H and O–H groups in total. The molecule has 0 aliphatic rings. The first-order chi connectivity index (χ1) is 19.2. The molecule has 0 fully saturated rings. The van der Waals surface area contributed by atoms with Crippen molar-refractivity contribution in [3.63, 3.8) is 0 Å². The predicted octanol–water partition coefficient (Wildman–Crippen LogP) is 7.55. The highest BCUT2D eigenvalue weighted by Gasteiger charge is 2.26. The number of primary amides is 1. The van der Waals surface area contributed by atoms with Gasteiger partial charge in [-0.3, -0.25) is 9.59 Å². The predicted molar refractivity (Wildman–Crippen MR) is 150 cm³/mol. The summed E-state index contributed by atoms with van der Waals surface area (Å²) < 4.78 is 38.8. The van der Waals surface area contributed by atoms with Crippen molar-refractivity contribution in [3.8, 4) is 16.9 Å². The summed E-state index contributed by atoms with van der Waals surface area (Å²) in [4.78, 5) is 29.7. The minimum atomic E-state index is -2.83. The van der Waals surface area contributed by atoms with Gasteiger partial charge in [0.25, 0.3) is 18.2 Å². The fourth-order valence-electron chi connectivity index (χ4n) is 4.22. The number of furan rings is 1. The zero-order valence-corrected chi connectivity index (χ0v) is 22.4. The molecule has 0 spiro atoms. The number of halogens is 2. The van der Waals surface area contributed by atoms with Crippen molar-refractivity contribution in [2.75, 3.05) is 5.32 Å². The molecular formula is C30H25F2N3O4S. The number of pyridine rings is 1. The maximum atomic E-state index is 13.7. The van der Waals surface area contributed by atoms with Crippen LogP contribution in [0.25, 0.3) is 21.3 Å². The van der Waals surface area contributed by atoms with Crippen LogP contribution in [-0.4, -0.2) is 16.8 Å². The van der Waals surface area contributed by atoms with Gasteiger partial charge in [0.15, 0.2) is 5.76 Å². The van der Waals surface area contributed by atoms with Gasteiger partial charge in [-0.25, -0.2) is 13.8 Å². The molecule has 7 nitrogen and oxygen atoms in total. The summed E-state index contributed by atoms with van der Waals surface area (Å²) in [5.74, 6) is -0.0218. The van der Waals surface area contributed by atoms with Gasteiger partial charge >= 0.3 is 0 Å². The number of aromatic nitrogens is 1. The van der Waals surface area contributed by atoms with Crippen molar-refractivity contribution < 1.29 is 27.5 Å². The first-order valence-corrected chi connectivity index (χ1v) is 13.3. The Morgan fingerprint density at radius 1 is 1.05 bits per heavy atom. The fourth-order valence-corrected chi connectivity index (χ4v) is 5.24. The van der Waals surface area contributed by atoms with E-state index in [1.807, 2.05) is 24.3 Å². The molecular weight excluding hydrogens is 536 g/mol. The minimum absolute atomic E-state index is 0.0144. The Hall–Kier alpha value is -4.57. The first kappa shape index (κ1) is 27.0. The zero-order valence-electron chi connectivity index (χ0n) is 21.6. The molecule has 0 atom stereocenters. The van der Waals surface area contributed by atoms with Gasteiger partial charge in [0.05, 0.1) is 5.69 Å². The van der Waals surface area contributed by atoms with Crippen molar-refractivity contribution in [1.82, 2.24) is 4.98 Å². The van der Waals surface area contributed by atoms with Crippen molar-refractivity contribution in [2.24, 2.45) is 5.73 Å². The number of nitrogens with two attached hydrogens (primary N) is 1. The van der Waals surface area contributed by atoms with E-state index in [1.165, 1.54) is 17.7 Å². The van der Waals surface area contributed by atoms with E-state index in [1.54, 1.807) is 36.4 Å². The smallest absolute Gasteiger partial charge is 0.291 e. The number of hydrogen-bond donors (Lipinski definition) is 2. The van der Waals surface area contributed by atoms with E-state index >= 15 is 0 Å². The number of carbonyl (C=O) groups is 2. The van der Waals surface area contributed by atoms with Gasteiger partial charge in [-0.1, -0.05) is 56.3 Å². The van der Waals surface area contributed by atoms with Crippen LogP contribution >= 0.6 is 11.3 Å². The molecule has 3 heterocycles. The summed E-state index contributed by atoms with van der Waals surface area (Å²) in [5.41, 5.74) is 7.44. The molecule has 0 radical (unpaired) electrons. The summed E-state index contributed by atoms with van der Waals surface area (Å²) in [6, 6.07) is 20.9. The van der Waals surface area contributed by atoms with E-state index in [0.717, 1.165) is 11.3 Å². The topological polar surface area (TPSA) is 107 Å². The van der Waals surface area contributed by atoms with E-state index in [4.69, 9.17) is 14.9 Å². The zero-order chi connectivity index (χ0) is 28.4. The van der Waals surface area contributed by atoms with Crippen molar-refractivity contribution >= 4 is 39.1 Å². The highest BCUT2D eigenvalue weighted by Crippen LogP contribution is 2.42. The number of rotatable bonds is 9. The number of amides is 2. The summed E-state index contributed by atoms with van der Waals surface area (Å²) >= 11 is 0.839. The van der Waals surface area contributed by atoms with Crippen LogP contribution < -0.4 is 15.8 Å². The Balaban J connectivity index is 1.44. The average Bonchev–Trinajstić information content (AvgIpc) is 3.57. The molecule has 3 aromatic heterocycles. The van der Waals surface area contributed by atoms with E-state index in [2.05, 4.69) is 24.1 Å². The number of anilines is 1. The third-order valence-electron chi connectivity index (χ3n) is 6.27. The number of nitrogens with zero attached hydrogens (tertiary/aromatic N) is 1. The van der Waals surface area contributed by atoms with E-state index < -0.39 is 23.9 Å². The van der Waals surface area contributed by atoms with Gasteiger partial charge in [-0.15, -0.1) is 11.3 Å². The van der Waals surface area contributed by atoms with Crippen molar-refractivity contribution in [3.05, 3.63) is 100 Å². The van der Waals surface area contributed by atoms with Gasteiger partial charge in [0, 0.05) is 5.39 Å². The Kier molecular flexibility index (Phi) is 7.61. The molecule has 0 aliphatic heterocycles. The Morgan fingerprint density at radius 2 is 1.77 bits per heavy atom. The molecule has 0 aliphatic carbocycles. The normalized spacial score (nSPS) is 11.3. The van der Waals surface area contributed by atoms with E-state index in [0.29, 0.717) is 33.9 Å². The van der Waals surface area contributed by atoms with Crippen LogP contribution in [0.15, 0.2) is 77.2 Å². The fraction of sp³-hybridized carbons (Fsp3) is 0.167. The van der Waals surface area contributed by atoms with Crippen LogP contribution in [0.4, 0.5) is 14.5 Å². The number of nitrogens with one attached hydrogen (secondary N) is 1. The monoisotopic (exact) mass is 561 g/mol. The maximum Gasteiger partial charge on any atom is 0.291 e. The lowest BCUT2D eigenvalue weighted by Crippen LogP contribution is -2.16. The van der Waals surface area contributed by atoms with Gasteiger partial charge in [-0.05, 0) is 52.9 Å². The van der Waals surface area contributed by atoms with Crippen LogP contribution in [0.2, 0.25) is 0 Å². The number of fused-ring (bicyclic) bond motifs is 1. The molecule has 2 amide bonds. The quantitative estimate of drug-likeness (QED) is 0.193. The largest absolute Gasteiger partial charge is 0.486 e. The average molecular weight is 562 g/mol. The summed E-state index contributed by atoms with van der Waals surface area (Å²) in [5, 5.41) is 3.04. The summed E-state index contributed by atoms with van der Waals surface area (Å²) in [7, 11) is 0. The third-order valence-corrected chi connectivity index (χ3v) is 7.36. The third kappa shape index (κ3) is 5.57. The lowest BCUT2D eigenvalue weighted by atomic mass is 10.0. The van der Waals surface area contributed by atoms with Gasteiger partial charge in [0.2, 0.25) is 0 Å². The lowest BCUT2D eigenvalue weighted by Gasteiger charge is -2.10. The van der Waals surface area contributed by atoms with Gasteiger partial charge in [0.1, 0.15) is 33.5 Å². The molecule has 5 aromatic rings. The number of alkyl halides is 2. The Bertz CT molecular complexity index is 1680. The molecule has 0 saturated carbocycles. The second-order valence-electron chi connectivity index (χ2n) is 9.34. The SMILES string of the molecule is CC(C)c1ccc(OCc2ccc(C(=O)Nc3c(C(N)=O)sc4nc(C(F)F)cc(-c5ccccc5)c34)o2)cc1. The van der Waals surface area contributed by atoms with Crippen molar-refractivity contribution in [2.45, 2.75) is 32.8 Å². The van der Waals surface area contributed by atoms with Crippen LogP contribution in [-0.2, 0) is 6.61 Å². The standard InChI is InChI=1S/C30H25F2N3O4S/c1-16(2)17-8-10-19(11-9-17)38-15-20-12-13-23(39-20)29(37)35-25-24-21(18-6-4-3-5-7-18)14-22(27(31)32)34-30(24)40-26(25)28(33)36/h3-14,16,27H,15H2,1-2H3,(H2,33,36)(H,35,37). The number of ether oxygens (including phenoxy) is 1. The van der Waals surface area contributed by atoms with Crippen LogP contribution in [0, 0.1) is 0 Å². The highest BCUT2D eigenvalue weighted by molar-refractivity contribution is 7.21. The highest BCUT2D eigenvalue weighted by atomic mass is 32.1. The first-order valence-electron chi connectivity index (χ1n) is 12.4. The molecule has 0 saturated heterocycles. The minimum Gasteiger partial charge on any atom is -0.486 e. The second-order valence-corrected chi connectivity index (χ2v) is 10.3. The van der Waals surface area contributed by atoms with Crippen LogP contribution in [0.1, 0.15) is 63.4 Å². The summed E-state index contributed by atoms with van der Waals surface area (Å²) in [6.07, 6.45) is -2.83. The van der Waals surface area contributed by atoms with Crippen LogP contribution in [0.3, 0.4) is 0 Å². The number of thiophene rings is 1. The Morgan fingerprint density at radius 3 is 2.42 bits per heavy atom. The van der Waals surface area contributed by atoms with E-state index in [-0.39, 0.29) is 27.8 Å². The molecule has 0 unspecified atom stereocenters. The van der Waals surface area contributed by atoms with Crippen molar-refractivity contribution in [1.29, 1.82) is 0 Å². The second kappa shape index (κ2) is 11.3. The molecule has 0 bridgehead atoms. The number of carbonyl (C=O) groups excluding carboxylic acids is 2. The van der Waals surface area contributed by atoms with E-state index in [9.17, 15) is 18.4 Å². The number of hydrogen-bond acceptors (Lipinski definition) is 6. The molecule has 2 aromatic carbocycles. The maximum absolute atomic E-state index is 13.7.